The van der Waals surface area contributed by atoms with Crippen LogP contribution in [0.5, 0.6) is 0 Å². The van der Waals surface area contributed by atoms with Crippen molar-refractivity contribution in [2.45, 2.75) is 6.92 Å². The molecule has 1 aromatic heterocycles. The molecule has 0 aliphatic carbocycles. The number of halogens is 2. The van der Waals surface area contributed by atoms with E-state index >= 15 is 0 Å². The maximum absolute atomic E-state index is 9.61. The number of rotatable bonds is 0. The summed E-state index contributed by atoms with van der Waals surface area (Å²) in [6.07, 6.45) is 0. The minimum Gasteiger partial charge on any atom is -0.428 e. The molecule has 0 spiro atoms. The van der Waals surface area contributed by atoms with Crippen LogP contribution in [0.4, 0.5) is 0 Å². The molecule has 2 rings (SSSR count). The summed E-state index contributed by atoms with van der Waals surface area (Å²) in [6, 6.07) is 0. The summed E-state index contributed by atoms with van der Waals surface area (Å²) in [4.78, 5) is 1.02. The molecule has 1 aliphatic rings. The quantitative estimate of drug-likeness (QED) is 0.707. The van der Waals surface area contributed by atoms with Gasteiger partial charge in [-0.3, -0.25) is 0 Å². The van der Waals surface area contributed by atoms with Gasteiger partial charge in [-0.05, 0) is 38.8 Å². The largest absolute Gasteiger partial charge is 0.466 e. The van der Waals surface area contributed by atoms with E-state index in [2.05, 4.69) is 42.3 Å². The zero-order chi connectivity index (χ0) is 9.59. The van der Waals surface area contributed by atoms with E-state index in [0.717, 1.165) is 24.3 Å². The molecule has 0 saturated heterocycles. The average Bonchev–Trinajstić information content (AvgIpc) is 2.38. The highest BCUT2D eigenvalue weighted by Crippen LogP contribution is 2.31. The number of hydrogen-bond donors (Lipinski definition) is 2. The molecule has 0 bridgehead atoms. The highest BCUT2D eigenvalue weighted by Gasteiger charge is 2.30. The van der Waals surface area contributed by atoms with Gasteiger partial charge in [0.2, 0.25) is 0 Å². The summed E-state index contributed by atoms with van der Waals surface area (Å²) in [5, 5.41) is 16.2. The lowest BCUT2D eigenvalue weighted by Gasteiger charge is -2.13. The predicted octanol–water partition coefficient (Wildman–Crippen LogP) is 1.29. The Morgan fingerprint density at radius 1 is 1.54 bits per heavy atom. The third-order valence-electron chi connectivity index (χ3n) is 1.80. The summed E-state index contributed by atoms with van der Waals surface area (Å²) in [5.41, 5.74) is 1.76. The fourth-order valence-electron chi connectivity index (χ4n) is 1.18. The zero-order valence-corrected chi connectivity index (χ0v) is 10.6. The maximum atomic E-state index is 9.61. The molecule has 1 aliphatic heterocycles. The Morgan fingerprint density at radius 3 is 2.85 bits per heavy atom. The SMILES string of the molecule is CC1=NNB(O)c2c1sc(Br)c2Br. The molecular formula is C6H5BBr2N2OS. The van der Waals surface area contributed by atoms with E-state index in [4.69, 9.17) is 0 Å². The van der Waals surface area contributed by atoms with Crippen LogP contribution < -0.4 is 10.8 Å². The van der Waals surface area contributed by atoms with Crippen LogP contribution in [0.2, 0.25) is 0 Å². The molecular weight excluding hydrogens is 319 g/mol. The molecule has 0 atom stereocenters. The van der Waals surface area contributed by atoms with Crippen LogP contribution in [0.25, 0.3) is 0 Å². The molecule has 3 nitrogen and oxygen atoms in total. The normalized spacial score (nSPS) is 15.1. The van der Waals surface area contributed by atoms with Gasteiger partial charge in [0, 0.05) is 9.94 Å². The van der Waals surface area contributed by atoms with Crippen molar-refractivity contribution in [3.05, 3.63) is 13.1 Å². The van der Waals surface area contributed by atoms with Crippen LogP contribution >= 0.6 is 43.2 Å². The Balaban J connectivity index is 2.66. The monoisotopic (exact) mass is 322 g/mol. The van der Waals surface area contributed by atoms with Gasteiger partial charge in [-0.15, -0.1) is 11.3 Å². The van der Waals surface area contributed by atoms with E-state index in [1.54, 1.807) is 11.3 Å². The molecule has 2 heterocycles. The van der Waals surface area contributed by atoms with Crippen LogP contribution in [0.15, 0.2) is 13.4 Å². The van der Waals surface area contributed by atoms with Crippen molar-refractivity contribution < 1.29 is 5.02 Å². The van der Waals surface area contributed by atoms with Crippen molar-refractivity contribution in [1.29, 1.82) is 0 Å². The van der Waals surface area contributed by atoms with Crippen molar-refractivity contribution in [3.63, 3.8) is 0 Å². The van der Waals surface area contributed by atoms with Crippen molar-refractivity contribution in [2.24, 2.45) is 5.10 Å². The lowest BCUT2D eigenvalue weighted by atomic mass is 9.74. The lowest BCUT2D eigenvalue weighted by Crippen LogP contribution is -2.47. The van der Waals surface area contributed by atoms with E-state index in [1.807, 2.05) is 6.92 Å². The Labute approximate surface area is 96.6 Å². The number of hydrazone groups is 1. The number of nitrogens with one attached hydrogen (secondary N) is 1. The lowest BCUT2D eigenvalue weighted by molar-refractivity contribution is 0.565. The molecule has 0 amide bonds. The molecule has 1 aromatic rings. The second-order valence-electron chi connectivity index (χ2n) is 2.66. The first-order chi connectivity index (χ1) is 6.11. The minimum atomic E-state index is -0.712. The van der Waals surface area contributed by atoms with Crippen molar-refractivity contribution in [3.8, 4) is 0 Å². The molecule has 0 saturated carbocycles. The van der Waals surface area contributed by atoms with E-state index in [0.29, 0.717) is 0 Å². The van der Waals surface area contributed by atoms with E-state index < -0.39 is 7.05 Å². The summed E-state index contributed by atoms with van der Waals surface area (Å²) >= 11 is 8.39. The minimum absolute atomic E-state index is 0.712. The van der Waals surface area contributed by atoms with Gasteiger partial charge in [0.25, 0.3) is 0 Å². The number of fused-ring (bicyclic) bond motifs is 1. The van der Waals surface area contributed by atoms with Crippen molar-refractivity contribution in [1.82, 2.24) is 5.34 Å². The Bertz CT molecular complexity index is 392. The topological polar surface area (TPSA) is 44.6 Å². The Morgan fingerprint density at radius 2 is 2.23 bits per heavy atom. The van der Waals surface area contributed by atoms with Crippen LogP contribution in [0, 0.1) is 0 Å². The van der Waals surface area contributed by atoms with Crippen LogP contribution in [0.1, 0.15) is 11.8 Å². The molecule has 0 unspecified atom stereocenters. The molecule has 0 aromatic carbocycles. The molecule has 13 heavy (non-hydrogen) atoms. The van der Waals surface area contributed by atoms with Gasteiger partial charge < -0.3 is 10.4 Å². The van der Waals surface area contributed by atoms with Gasteiger partial charge in [0.1, 0.15) is 0 Å². The molecule has 7 heteroatoms. The second kappa shape index (κ2) is 3.38. The average molecular weight is 324 g/mol. The summed E-state index contributed by atoms with van der Waals surface area (Å²) < 4.78 is 1.89. The zero-order valence-electron chi connectivity index (χ0n) is 6.64. The third kappa shape index (κ3) is 1.47. The van der Waals surface area contributed by atoms with Gasteiger partial charge in [-0.25, -0.2) is 0 Å². The van der Waals surface area contributed by atoms with E-state index in [1.165, 1.54) is 0 Å². The second-order valence-corrected chi connectivity index (χ2v) is 5.79. The highest BCUT2D eigenvalue weighted by atomic mass is 79.9. The molecule has 68 valence electrons. The summed E-state index contributed by atoms with van der Waals surface area (Å²) in [6.45, 7) is 1.91. The molecule has 0 radical (unpaired) electrons. The number of hydrogen-bond acceptors (Lipinski definition) is 4. The first-order valence-corrected chi connectivity index (χ1v) is 5.97. The van der Waals surface area contributed by atoms with Gasteiger partial charge in [-0.1, -0.05) is 0 Å². The van der Waals surface area contributed by atoms with Crippen LogP contribution in [0.3, 0.4) is 0 Å². The Hall–Kier alpha value is 0.155. The van der Waals surface area contributed by atoms with Gasteiger partial charge >= 0.3 is 7.05 Å². The first-order valence-electron chi connectivity index (χ1n) is 3.57. The van der Waals surface area contributed by atoms with Crippen molar-refractivity contribution >= 4 is 61.4 Å². The van der Waals surface area contributed by atoms with Gasteiger partial charge in [0.15, 0.2) is 0 Å². The van der Waals surface area contributed by atoms with Gasteiger partial charge in [-0.2, -0.15) is 5.10 Å². The molecule has 0 fully saturated rings. The smallest absolute Gasteiger partial charge is 0.428 e. The summed E-state index contributed by atoms with van der Waals surface area (Å²) in [7, 11) is -0.712. The van der Waals surface area contributed by atoms with Crippen LogP contribution in [-0.4, -0.2) is 17.8 Å². The maximum Gasteiger partial charge on any atom is 0.466 e. The first kappa shape index (κ1) is 9.70. The predicted molar refractivity (Wildman–Crippen MR) is 62.7 cm³/mol. The number of nitrogens with zero attached hydrogens (tertiary/aromatic N) is 1. The Kier molecular flexibility index (Phi) is 2.52. The fourth-order valence-corrected chi connectivity index (χ4v) is 3.57. The third-order valence-corrected chi connectivity index (χ3v) is 5.40. The fraction of sp³-hybridized carbons (Fsp3) is 0.167. The van der Waals surface area contributed by atoms with Crippen molar-refractivity contribution in [2.75, 3.05) is 0 Å². The van der Waals surface area contributed by atoms with E-state index in [9.17, 15) is 5.02 Å². The summed E-state index contributed by atoms with van der Waals surface area (Å²) in [5.74, 6) is 0. The number of thiophene rings is 1. The van der Waals surface area contributed by atoms with E-state index in [-0.39, 0.29) is 0 Å². The molecule has 2 N–H and O–H groups in total. The van der Waals surface area contributed by atoms with Crippen LogP contribution in [-0.2, 0) is 0 Å². The standard InChI is InChI=1S/C6H5BBr2N2OS/c1-2-5-3(7(12)11-10-2)4(8)6(9)13-5/h11-12H,1H3. The van der Waals surface area contributed by atoms with Gasteiger partial charge in [0.05, 0.1) is 14.4 Å². The highest BCUT2D eigenvalue weighted by molar-refractivity contribution is 9.13.